The highest BCUT2D eigenvalue weighted by atomic mass is 127. The molecule has 1 fully saturated rings. The van der Waals surface area contributed by atoms with E-state index in [0.29, 0.717) is 30.5 Å². The van der Waals surface area contributed by atoms with Crippen LogP contribution < -0.4 is 20.3 Å². The molecule has 0 amide bonds. The summed E-state index contributed by atoms with van der Waals surface area (Å²) in [7, 11) is 1.70. The summed E-state index contributed by atoms with van der Waals surface area (Å²) >= 11 is 0. The molecule has 7 nitrogen and oxygen atoms in total. The second-order valence-corrected chi connectivity index (χ2v) is 7.40. The number of anilines is 1. The van der Waals surface area contributed by atoms with E-state index in [4.69, 9.17) is 4.52 Å². The van der Waals surface area contributed by atoms with Crippen molar-refractivity contribution in [3.05, 3.63) is 66.4 Å². The van der Waals surface area contributed by atoms with Crippen molar-refractivity contribution in [2.75, 3.05) is 25.0 Å². The summed E-state index contributed by atoms with van der Waals surface area (Å²) in [5, 5.41) is 10.7. The summed E-state index contributed by atoms with van der Waals surface area (Å²) in [6.07, 6.45) is 0.839. The van der Waals surface area contributed by atoms with E-state index in [9.17, 15) is 8.78 Å². The molecule has 1 aromatic heterocycles. The number of ether oxygens (including phenoxy) is 1. The van der Waals surface area contributed by atoms with Gasteiger partial charge >= 0.3 is 6.61 Å². The average Bonchev–Trinajstić information content (AvgIpc) is 3.47. The summed E-state index contributed by atoms with van der Waals surface area (Å²) < 4.78 is 35.5. The van der Waals surface area contributed by atoms with Crippen LogP contribution in [0.3, 0.4) is 0 Å². The third-order valence-corrected chi connectivity index (χ3v) is 5.23. The van der Waals surface area contributed by atoms with E-state index in [2.05, 4.69) is 25.5 Å². The molecule has 1 atom stereocenters. The van der Waals surface area contributed by atoms with E-state index in [0.717, 1.165) is 24.2 Å². The zero-order chi connectivity index (χ0) is 22.3. The van der Waals surface area contributed by atoms with Gasteiger partial charge in [0.15, 0.2) is 11.7 Å². The van der Waals surface area contributed by atoms with Gasteiger partial charge in [0, 0.05) is 37.8 Å². The quantitative estimate of drug-likeness (QED) is 0.248. The maximum Gasteiger partial charge on any atom is 0.387 e. The van der Waals surface area contributed by atoms with Crippen LogP contribution in [0.4, 0.5) is 14.5 Å². The number of nitrogens with zero attached hydrogens (tertiary/aromatic N) is 3. The summed E-state index contributed by atoms with van der Waals surface area (Å²) in [5.41, 5.74) is 2.39. The van der Waals surface area contributed by atoms with E-state index in [1.54, 1.807) is 25.2 Å². The molecule has 2 aromatic carbocycles. The molecule has 1 aliphatic heterocycles. The Hall–Kier alpha value is -2.89. The first kappa shape index (κ1) is 24.7. The second-order valence-electron chi connectivity index (χ2n) is 7.40. The minimum absolute atomic E-state index is 0. The van der Waals surface area contributed by atoms with Crippen LogP contribution in [-0.4, -0.2) is 43.9 Å². The lowest BCUT2D eigenvalue weighted by molar-refractivity contribution is -0.0495. The Morgan fingerprint density at radius 1 is 1.21 bits per heavy atom. The third kappa shape index (κ3) is 6.56. The molecule has 10 heteroatoms. The lowest BCUT2D eigenvalue weighted by Crippen LogP contribution is -2.44. The van der Waals surface area contributed by atoms with E-state index < -0.39 is 6.61 Å². The van der Waals surface area contributed by atoms with Gasteiger partial charge < -0.3 is 24.8 Å². The third-order valence-electron chi connectivity index (χ3n) is 5.23. The van der Waals surface area contributed by atoms with E-state index in [-0.39, 0.29) is 35.8 Å². The Kier molecular flexibility index (Phi) is 8.87. The smallest absolute Gasteiger partial charge is 0.387 e. The minimum Gasteiger partial charge on any atom is -0.433 e. The monoisotopic (exact) mass is 569 g/mol. The van der Waals surface area contributed by atoms with Crippen LogP contribution in [0.5, 0.6) is 5.75 Å². The van der Waals surface area contributed by atoms with Crippen LogP contribution in [0.2, 0.25) is 0 Å². The first-order valence-electron chi connectivity index (χ1n) is 10.4. The first-order valence-corrected chi connectivity index (χ1v) is 10.4. The van der Waals surface area contributed by atoms with E-state index >= 15 is 0 Å². The molecule has 3 aromatic rings. The van der Waals surface area contributed by atoms with Crippen LogP contribution in [0.15, 0.2) is 70.2 Å². The highest BCUT2D eigenvalue weighted by Gasteiger charge is 2.26. The molecule has 2 heterocycles. The number of benzene rings is 2. The average molecular weight is 569 g/mol. The molecular formula is C23H26F2IN5O2. The number of hydrogen-bond donors (Lipinski definition) is 2. The zero-order valence-electron chi connectivity index (χ0n) is 18.1. The summed E-state index contributed by atoms with van der Waals surface area (Å²) in [5.74, 6) is 1.53. The second kappa shape index (κ2) is 11.8. The Balaban J connectivity index is 0.00000306. The number of halogens is 3. The molecule has 0 spiro atoms. The molecule has 4 rings (SSSR count). The Morgan fingerprint density at radius 2 is 1.97 bits per heavy atom. The predicted octanol–water partition coefficient (Wildman–Crippen LogP) is 4.50. The van der Waals surface area contributed by atoms with Gasteiger partial charge in [0.25, 0.3) is 0 Å². The van der Waals surface area contributed by atoms with Crippen molar-refractivity contribution in [3.8, 4) is 17.1 Å². The first-order chi connectivity index (χ1) is 15.6. The van der Waals surface area contributed by atoms with Gasteiger partial charge in [0.1, 0.15) is 11.4 Å². The summed E-state index contributed by atoms with van der Waals surface area (Å²) in [6.45, 7) is -1.03. The van der Waals surface area contributed by atoms with Crippen molar-refractivity contribution in [2.24, 2.45) is 4.99 Å². The number of alkyl halides is 2. The van der Waals surface area contributed by atoms with E-state index in [1.165, 1.54) is 0 Å². The van der Waals surface area contributed by atoms with Crippen LogP contribution in [0.25, 0.3) is 11.3 Å². The molecule has 1 saturated heterocycles. The SMILES string of the molecule is CN=C(NCc1cc(-c2ccccc2)on1)NC1CCN(c2ccccc2OC(F)F)C1.I. The maximum atomic E-state index is 12.7. The molecule has 1 unspecified atom stereocenters. The highest BCUT2D eigenvalue weighted by molar-refractivity contribution is 14.0. The Bertz CT molecular complexity index is 1050. The minimum atomic E-state index is -2.85. The standard InChI is InChI=1S/C23H25F2N5O2.HI/c1-26-23(27-14-18-13-21(32-29-18)16-7-3-2-4-8-16)28-17-11-12-30(15-17)19-9-5-6-10-20(19)31-22(24)25;/h2-10,13,17,22H,11-12,14-15H2,1H3,(H2,26,27,28);1H. The number of aromatic nitrogens is 1. The zero-order valence-corrected chi connectivity index (χ0v) is 20.4. The van der Waals surface area contributed by atoms with Crippen LogP contribution >= 0.6 is 24.0 Å². The molecule has 33 heavy (non-hydrogen) atoms. The molecule has 0 aliphatic carbocycles. The Morgan fingerprint density at radius 3 is 2.73 bits per heavy atom. The van der Waals surface area contributed by atoms with Crippen LogP contribution in [-0.2, 0) is 6.54 Å². The number of guanidine groups is 1. The van der Waals surface area contributed by atoms with Crippen molar-refractivity contribution in [1.29, 1.82) is 0 Å². The van der Waals surface area contributed by atoms with Gasteiger partial charge in [-0.2, -0.15) is 8.78 Å². The van der Waals surface area contributed by atoms with Crippen molar-refractivity contribution >= 4 is 35.6 Å². The topological polar surface area (TPSA) is 74.9 Å². The number of para-hydroxylation sites is 2. The normalized spacial score (nSPS) is 15.9. The maximum absolute atomic E-state index is 12.7. The lowest BCUT2D eigenvalue weighted by atomic mass is 10.2. The largest absolute Gasteiger partial charge is 0.433 e. The van der Waals surface area contributed by atoms with Gasteiger partial charge in [-0.1, -0.05) is 47.6 Å². The van der Waals surface area contributed by atoms with Crippen molar-refractivity contribution < 1.29 is 18.0 Å². The van der Waals surface area contributed by atoms with Gasteiger partial charge in [-0.05, 0) is 18.6 Å². The van der Waals surface area contributed by atoms with Crippen molar-refractivity contribution in [1.82, 2.24) is 15.8 Å². The number of hydrogen-bond acceptors (Lipinski definition) is 5. The fourth-order valence-electron chi connectivity index (χ4n) is 3.71. The van der Waals surface area contributed by atoms with Crippen LogP contribution in [0.1, 0.15) is 12.1 Å². The predicted molar refractivity (Wildman–Crippen MR) is 134 cm³/mol. The fraction of sp³-hybridized carbons (Fsp3) is 0.304. The molecule has 0 saturated carbocycles. The van der Waals surface area contributed by atoms with Gasteiger partial charge in [0.05, 0.1) is 12.2 Å². The summed E-state index contributed by atoms with van der Waals surface area (Å²) in [4.78, 5) is 6.31. The molecule has 1 aliphatic rings. The number of aliphatic imine (C=N–C) groups is 1. The highest BCUT2D eigenvalue weighted by Crippen LogP contribution is 2.31. The molecule has 176 valence electrons. The van der Waals surface area contributed by atoms with Gasteiger partial charge in [-0.3, -0.25) is 4.99 Å². The van der Waals surface area contributed by atoms with Crippen molar-refractivity contribution in [3.63, 3.8) is 0 Å². The fourth-order valence-corrected chi connectivity index (χ4v) is 3.71. The van der Waals surface area contributed by atoms with Gasteiger partial charge in [-0.15, -0.1) is 24.0 Å². The van der Waals surface area contributed by atoms with Crippen LogP contribution in [0, 0.1) is 0 Å². The Labute approximate surface area is 208 Å². The van der Waals surface area contributed by atoms with Crippen molar-refractivity contribution in [2.45, 2.75) is 25.6 Å². The lowest BCUT2D eigenvalue weighted by Gasteiger charge is -2.22. The summed E-state index contributed by atoms with van der Waals surface area (Å²) in [6, 6.07) is 18.6. The molecule has 2 N–H and O–H groups in total. The van der Waals surface area contributed by atoms with Gasteiger partial charge in [-0.25, -0.2) is 0 Å². The number of nitrogens with one attached hydrogen (secondary N) is 2. The van der Waals surface area contributed by atoms with Gasteiger partial charge in [0.2, 0.25) is 0 Å². The number of rotatable bonds is 7. The molecule has 0 bridgehead atoms. The molecule has 0 radical (unpaired) electrons. The van der Waals surface area contributed by atoms with E-state index in [1.807, 2.05) is 47.4 Å². The molecular weight excluding hydrogens is 543 g/mol.